The van der Waals surface area contributed by atoms with Crippen molar-refractivity contribution in [2.45, 2.75) is 25.8 Å². The summed E-state index contributed by atoms with van der Waals surface area (Å²) in [5.41, 5.74) is 12.0. The maximum Gasteiger partial charge on any atom is 0.178 e. The van der Waals surface area contributed by atoms with Crippen LogP contribution in [0.15, 0.2) is 54.9 Å². The smallest absolute Gasteiger partial charge is 0.178 e. The molecule has 0 aliphatic carbocycles. The predicted octanol–water partition coefficient (Wildman–Crippen LogP) is 3.92. The summed E-state index contributed by atoms with van der Waals surface area (Å²) in [5, 5.41) is 0. The van der Waals surface area contributed by atoms with Gasteiger partial charge < -0.3 is 15.6 Å². The lowest BCUT2D eigenvalue weighted by molar-refractivity contribution is 0.498. The number of aromatic nitrogens is 4. The molecule has 0 amide bonds. The lowest BCUT2D eigenvalue weighted by atomic mass is 10.1. The van der Waals surface area contributed by atoms with Gasteiger partial charge in [0, 0.05) is 48.2 Å². The molecule has 3 aromatic heterocycles. The van der Waals surface area contributed by atoms with E-state index in [1.165, 1.54) is 5.56 Å². The molecule has 0 saturated carbocycles. The van der Waals surface area contributed by atoms with E-state index < -0.39 is 0 Å². The van der Waals surface area contributed by atoms with Crippen molar-refractivity contribution in [3.63, 3.8) is 0 Å². The van der Waals surface area contributed by atoms with Gasteiger partial charge in [0.1, 0.15) is 11.6 Å². The van der Waals surface area contributed by atoms with Gasteiger partial charge in [-0.15, -0.1) is 0 Å². The van der Waals surface area contributed by atoms with E-state index in [4.69, 9.17) is 5.73 Å². The number of imidazole rings is 1. The third-order valence-electron chi connectivity index (χ3n) is 5.61. The zero-order chi connectivity index (χ0) is 19.8. The molecule has 6 nitrogen and oxygen atoms in total. The van der Waals surface area contributed by atoms with Gasteiger partial charge in [0.2, 0.25) is 0 Å². The number of H-pyrrole nitrogens is 1. The highest BCUT2D eigenvalue weighted by molar-refractivity contribution is 5.81. The molecule has 0 unspecified atom stereocenters. The van der Waals surface area contributed by atoms with E-state index in [0.29, 0.717) is 6.04 Å². The van der Waals surface area contributed by atoms with Gasteiger partial charge in [-0.2, -0.15) is 0 Å². The molecule has 1 fully saturated rings. The van der Waals surface area contributed by atoms with E-state index in [1.54, 1.807) is 0 Å². The third kappa shape index (κ3) is 3.59. The van der Waals surface area contributed by atoms with Gasteiger partial charge in [-0.05, 0) is 38.0 Å². The summed E-state index contributed by atoms with van der Waals surface area (Å²) in [4.78, 5) is 19.6. The van der Waals surface area contributed by atoms with E-state index in [9.17, 15) is 0 Å². The first-order chi connectivity index (χ1) is 14.2. The van der Waals surface area contributed by atoms with Crippen LogP contribution >= 0.6 is 0 Å². The zero-order valence-corrected chi connectivity index (χ0v) is 16.5. The first kappa shape index (κ1) is 17.8. The van der Waals surface area contributed by atoms with Crippen molar-refractivity contribution in [1.29, 1.82) is 0 Å². The van der Waals surface area contributed by atoms with Crippen molar-refractivity contribution in [3.05, 3.63) is 60.4 Å². The highest BCUT2D eigenvalue weighted by atomic mass is 15.2. The fourth-order valence-electron chi connectivity index (χ4n) is 3.78. The highest BCUT2D eigenvalue weighted by Crippen LogP contribution is 2.26. The monoisotopic (exact) mass is 384 g/mol. The molecule has 1 aromatic carbocycles. The predicted molar refractivity (Wildman–Crippen MR) is 117 cm³/mol. The zero-order valence-electron chi connectivity index (χ0n) is 16.5. The number of hydrogen-bond acceptors (Lipinski definition) is 5. The quantitative estimate of drug-likeness (QED) is 0.559. The molecule has 6 heteroatoms. The van der Waals surface area contributed by atoms with E-state index in [-0.39, 0.29) is 0 Å². The fourth-order valence-corrected chi connectivity index (χ4v) is 3.78. The Balaban J connectivity index is 1.40. The van der Waals surface area contributed by atoms with Gasteiger partial charge in [-0.25, -0.2) is 15.0 Å². The molecular formula is C23H24N6. The topological polar surface area (TPSA) is 83.7 Å². The van der Waals surface area contributed by atoms with Gasteiger partial charge in [0.15, 0.2) is 5.65 Å². The standard InChI is InChI=1S/C23H24N6/c1-15-2-4-16(5-3-15)22-27-20-12-18(14-26-23(20)28-22)17-6-7-21(25-13-17)29-10-8-19(24)9-11-29/h2-7,12-14,19H,8-11,24H2,1H3,(H,26,27,28). The number of aryl methyl sites for hydroxylation is 1. The largest absolute Gasteiger partial charge is 0.357 e. The van der Waals surface area contributed by atoms with Crippen molar-refractivity contribution in [2.75, 3.05) is 18.0 Å². The number of piperidine rings is 1. The van der Waals surface area contributed by atoms with Gasteiger partial charge in [-0.1, -0.05) is 29.8 Å². The van der Waals surface area contributed by atoms with Gasteiger partial charge in [0.05, 0.1) is 5.52 Å². The summed E-state index contributed by atoms with van der Waals surface area (Å²) < 4.78 is 0. The van der Waals surface area contributed by atoms with Crippen molar-refractivity contribution in [2.24, 2.45) is 5.73 Å². The average Bonchev–Trinajstić information content (AvgIpc) is 3.18. The van der Waals surface area contributed by atoms with E-state index in [2.05, 4.69) is 74.2 Å². The van der Waals surface area contributed by atoms with Crippen LogP contribution in [0.3, 0.4) is 0 Å². The Hall–Kier alpha value is -3.25. The normalized spacial score (nSPS) is 15.2. The molecule has 0 bridgehead atoms. The summed E-state index contributed by atoms with van der Waals surface area (Å²) in [6, 6.07) is 14.9. The molecule has 0 spiro atoms. The maximum absolute atomic E-state index is 6.00. The molecule has 4 heterocycles. The minimum atomic E-state index is 0.322. The summed E-state index contributed by atoms with van der Waals surface area (Å²) in [7, 11) is 0. The van der Waals surface area contributed by atoms with Crippen LogP contribution in [0.5, 0.6) is 0 Å². The number of rotatable bonds is 3. The molecular weight excluding hydrogens is 360 g/mol. The lowest BCUT2D eigenvalue weighted by Crippen LogP contribution is -2.40. The molecule has 1 aliphatic heterocycles. The van der Waals surface area contributed by atoms with E-state index in [1.807, 2.05) is 12.4 Å². The van der Waals surface area contributed by atoms with Crippen LogP contribution in [0.25, 0.3) is 33.7 Å². The number of pyridine rings is 2. The molecule has 0 radical (unpaired) electrons. The summed E-state index contributed by atoms with van der Waals surface area (Å²) in [6.07, 6.45) is 5.82. The summed E-state index contributed by atoms with van der Waals surface area (Å²) >= 11 is 0. The molecule has 5 rings (SSSR count). The molecule has 3 N–H and O–H groups in total. The minimum Gasteiger partial charge on any atom is -0.357 e. The maximum atomic E-state index is 6.00. The Morgan fingerprint density at radius 1 is 0.931 bits per heavy atom. The minimum absolute atomic E-state index is 0.322. The first-order valence-corrected chi connectivity index (χ1v) is 10.1. The summed E-state index contributed by atoms with van der Waals surface area (Å²) in [5.74, 6) is 1.85. The van der Waals surface area contributed by atoms with Gasteiger partial charge in [-0.3, -0.25) is 0 Å². The van der Waals surface area contributed by atoms with Crippen molar-refractivity contribution in [3.8, 4) is 22.5 Å². The summed E-state index contributed by atoms with van der Waals surface area (Å²) in [6.45, 7) is 4.02. The SMILES string of the molecule is Cc1ccc(-c2nc3ncc(-c4ccc(N5CCC(N)CC5)nc4)cc3[nH]2)cc1. The fraction of sp³-hybridized carbons (Fsp3) is 0.261. The lowest BCUT2D eigenvalue weighted by Gasteiger charge is -2.31. The van der Waals surface area contributed by atoms with Gasteiger partial charge >= 0.3 is 0 Å². The number of aromatic amines is 1. The molecule has 29 heavy (non-hydrogen) atoms. The van der Waals surface area contributed by atoms with Crippen LogP contribution in [0.2, 0.25) is 0 Å². The Bertz CT molecular complexity index is 1120. The molecule has 146 valence electrons. The Kier molecular flexibility index (Phi) is 4.48. The first-order valence-electron chi connectivity index (χ1n) is 10.1. The van der Waals surface area contributed by atoms with Crippen molar-refractivity contribution < 1.29 is 0 Å². The number of anilines is 1. The van der Waals surface area contributed by atoms with E-state index >= 15 is 0 Å². The number of benzene rings is 1. The second kappa shape index (κ2) is 7.29. The van der Waals surface area contributed by atoms with Crippen LogP contribution in [-0.4, -0.2) is 39.1 Å². The van der Waals surface area contributed by atoms with E-state index in [0.717, 1.165) is 65.4 Å². The number of nitrogens with zero attached hydrogens (tertiary/aromatic N) is 4. The number of hydrogen-bond donors (Lipinski definition) is 2. The molecule has 0 atom stereocenters. The second-order valence-corrected chi connectivity index (χ2v) is 7.78. The van der Waals surface area contributed by atoms with Crippen LogP contribution < -0.4 is 10.6 Å². The van der Waals surface area contributed by atoms with Crippen LogP contribution in [0.4, 0.5) is 5.82 Å². The third-order valence-corrected chi connectivity index (χ3v) is 5.61. The van der Waals surface area contributed by atoms with Crippen LogP contribution in [-0.2, 0) is 0 Å². The molecule has 1 aliphatic rings. The Labute approximate surface area is 169 Å². The number of nitrogens with one attached hydrogen (secondary N) is 1. The average molecular weight is 384 g/mol. The second-order valence-electron chi connectivity index (χ2n) is 7.78. The van der Waals surface area contributed by atoms with Crippen LogP contribution in [0, 0.1) is 6.92 Å². The Morgan fingerprint density at radius 3 is 2.38 bits per heavy atom. The van der Waals surface area contributed by atoms with Crippen molar-refractivity contribution >= 4 is 17.0 Å². The van der Waals surface area contributed by atoms with Crippen molar-refractivity contribution in [1.82, 2.24) is 19.9 Å². The highest BCUT2D eigenvalue weighted by Gasteiger charge is 2.17. The Morgan fingerprint density at radius 2 is 1.66 bits per heavy atom. The van der Waals surface area contributed by atoms with Crippen LogP contribution in [0.1, 0.15) is 18.4 Å². The number of nitrogens with two attached hydrogens (primary N) is 1. The van der Waals surface area contributed by atoms with Gasteiger partial charge in [0.25, 0.3) is 0 Å². The molecule has 4 aromatic rings. The number of fused-ring (bicyclic) bond motifs is 1. The molecule has 1 saturated heterocycles.